The first-order chi connectivity index (χ1) is 13.7. The summed E-state index contributed by atoms with van der Waals surface area (Å²) in [5.74, 6) is -0.334. The molecular weight excluding hydrogens is 439 g/mol. The Morgan fingerprint density at radius 2 is 1.86 bits per heavy atom. The maximum atomic E-state index is 12.7. The van der Waals surface area contributed by atoms with E-state index < -0.39 is 22.0 Å². The van der Waals surface area contributed by atoms with Gasteiger partial charge in [0.25, 0.3) is 5.91 Å². The number of hydrogen-bond donors (Lipinski definition) is 2. The van der Waals surface area contributed by atoms with Gasteiger partial charge < -0.3 is 14.8 Å². The Balaban J connectivity index is 2.26. The average molecular weight is 461 g/mol. The van der Waals surface area contributed by atoms with Gasteiger partial charge in [-0.05, 0) is 42.8 Å². The summed E-state index contributed by atoms with van der Waals surface area (Å²) in [5.41, 5.74) is 0.849. The third-order valence-electron chi connectivity index (χ3n) is 4.09. The number of rotatable bonds is 9. The summed E-state index contributed by atoms with van der Waals surface area (Å²) in [7, 11) is -1.07. The Morgan fingerprint density at radius 1 is 1.14 bits per heavy atom. The number of ether oxygens (including phenoxy) is 2. The fourth-order valence-electron chi connectivity index (χ4n) is 2.59. The zero-order chi connectivity index (χ0) is 21.6. The molecule has 2 N–H and O–H groups in total. The van der Waals surface area contributed by atoms with Gasteiger partial charge in [-0.25, -0.2) is 13.1 Å². The van der Waals surface area contributed by atoms with E-state index in [9.17, 15) is 13.2 Å². The minimum absolute atomic E-state index is 0.0878. The Hall–Kier alpha value is -1.84. The molecule has 0 aliphatic carbocycles. The van der Waals surface area contributed by atoms with Crippen LogP contribution in [-0.4, -0.2) is 41.7 Å². The molecule has 1 unspecified atom stereocenters. The Kier molecular flexibility index (Phi) is 8.30. The molecule has 0 fully saturated rings. The van der Waals surface area contributed by atoms with Crippen LogP contribution in [0.2, 0.25) is 10.0 Å². The number of nitrogens with one attached hydrogen (secondary N) is 2. The van der Waals surface area contributed by atoms with Crippen LogP contribution in [0.4, 0.5) is 0 Å². The summed E-state index contributed by atoms with van der Waals surface area (Å²) in [6, 6.07) is 8.74. The van der Waals surface area contributed by atoms with Gasteiger partial charge in [-0.3, -0.25) is 4.79 Å². The first-order valence-corrected chi connectivity index (χ1v) is 10.9. The highest BCUT2D eigenvalue weighted by molar-refractivity contribution is 7.89. The minimum atomic E-state index is -3.89. The summed E-state index contributed by atoms with van der Waals surface area (Å²) in [4.78, 5) is 12.6. The molecule has 0 aliphatic rings. The second-order valence-electron chi connectivity index (χ2n) is 6.12. The molecule has 0 spiro atoms. The van der Waals surface area contributed by atoms with Crippen molar-refractivity contribution in [2.24, 2.45) is 0 Å². The van der Waals surface area contributed by atoms with E-state index in [-0.39, 0.29) is 29.4 Å². The molecule has 0 bridgehead atoms. The van der Waals surface area contributed by atoms with E-state index in [4.69, 9.17) is 32.7 Å². The molecular formula is C19H22Cl2N2O5S. The van der Waals surface area contributed by atoms with E-state index in [0.717, 1.165) is 0 Å². The molecule has 2 rings (SSSR count). The summed E-state index contributed by atoms with van der Waals surface area (Å²) in [5, 5.41) is 3.71. The topological polar surface area (TPSA) is 93.7 Å². The Morgan fingerprint density at radius 3 is 2.48 bits per heavy atom. The van der Waals surface area contributed by atoms with Gasteiger partial charge in [-0.15, -0.1) is 0 Å². The first-order valence-electron chi connectivity index (χ1n) is 8.62. The highest BCUT2D eigenvalue weighted by atomic mass is 35.5. The van der Waals surface area contributed by atoms with Crippen LogP contribution in [0, 0.1) is 0 Å². The van der Waals surface area contributed by atoms with Gasteiger partial charge in [0.2, 0.25) is 10.0 Å². The average Bonchev–Trinajstić information content (AvgIpc) is 2.67. The normalized spacial score (nSPS) is 12.4. The van der Waals surface area contributed by atoms with E-state index in [2.05, 4.69) is 10.0 Å². The maximum Gasteiger partial charge on any atom is 0.251 e. The molecule has 1 atom stereocenters. The zero-order valence-corrected chi connectivity index (χ0v) is 18.5. The molecule has 7 nitrogen and oxygen atoms in total. The van der Waals surface area contributed by atoms with Crippen molar-refractivity contribution in [3.8, 4) is 5.75 Å². The Labute approximate surface area is 180 Å². The van der Waals surface area contributed by atoms with E-state index >= 15 is 0 Å². The lowest BCUT2D eigenvalue weighted by Crippen LogP contribution is -2.29. The summed E-state index contributed by atoms with van der Waals surface area (Å²) in [6.45, 7) is 2.06. The van der Waals surface area contributed by atoms with Gasteiger partial charge in [0, 0.05) is 29.3 Å². The van der Waals surface area contributed by atoms with Crippen molar-refractivity contribution in [2.45, 2.75) is 17.9 Å². The van der Waals surface area contributed by atoms with Crippen molar-refractivity contribution in [3.05, 3.63) is 57.6 Å². The lowest BCUT2D eigenvalue weighted by Gasteiger charge is -2.17. The molecule has 0 aliphatic heterocycles. The monoisotopic (exact) mass is 460 g/mol. The Bertz CT molecular complexity index is 983. The molecule has 0 saturated carbocycles. The molecule has 0 radical (unpaired) electrons. The molecule has 10 heteroatoms. The number of hydrogen-bond acceptors (Lipinski definition) is 5. The van der Waals surface area contributed by atoms with Crippen LogP contribution in [0.1, 0.15) is 28.9 Å². The lowest BCUT2D eigenvalue weighted by atomic mass is 10.1. The molecule has 2 aromatic carbocycles. The number of amides is 1. The molecule has 2 aromatic rings. The predicted molar refractivity (Wildman–Crippen MR) is 112 cm³/mol. The number of benzene rings is 2. The summed E-state index contributed by atoms with van der Waals surface area (Å²) in [6.07, 6.45) is 0. The lowest BCUT2D eigenvalue weighted by molar-refractivity contribution is 0.0939. The van der Waals surface area contributed by atoms with Crippen molar-refractivity contribution >= 4 is 39.1 Å². The van der Waals surface area contributed by atoms with Crippen molar-refractivity contribution in [1.29, 1.82) is 0 Å². The van der Waals surface area contributed by atoms with E-state index in [0.29, 0.717) is 15.6 Å². The van der Waals surface area contributed by atoms with Crippen molar-refractivity contribution < 1.29 is 22.7 Å². The zero-order valence-electron chi connectivity index (χ0n) is 16.2. The van der Waals surface area contributed by atoms with E-state index in [1.165, 1.54) is 32.4 Å². The molecule has 0 saturated heterocycles. The molecule has 0 heterocycles. The molecule has 0 aromatic heterocycles. The van der Waals surface area contributed by atoms with Crippen molar-refractivity contribution in [3.63, 3.8) is 0 Å². The van der Waals surface area contributed by atoms with Crippen LogP contribution in [0.15, 0.2) is 41.3 Å². The van der Waals surface area contributed by atoms with Gasteiger partial charge >= 0.3 is 0 Å². The van der Waals surface area contributed by atoms with Crippen LogP contribution in [-0.2, 0) is 14.8 Å². The summed E-state index contributed by atoms with van der Waals surface area (Å²) < 4.78 is 37.5. The number of methoxy groups -OCH3 is 2. The number of halogens is 2. The van der Waals surface area contributed by atoms with Crippen LogP contribution >= 0.6 is 23.2 Å². The number of carbonyl (C=O) groups is 1. The fourth-order valence-corrected chi connectivity index (χ4v) is 4.37. The van der Waals surface area contributed by atoms with Gasteiger partial charge in [-0.1, -0.05) is 29.3 Å². The second kappa shape index (κ2) is 10.3. The van der Waals surface area contributed by atoms with Crippen LogP contribution in [0.3, 0.4) is 0 Å². The van der Waals surface area contributed by atoms with Gasteiger partial charge in [0.1, 0.15) is 10.6 Å². The second-order valence-corrected chi connectivity index (χ2v) is 8.70. The number of carbonyl (C=O) groups excluding carboxylic acids is 1. The smallest absolute Gasteiger partial charge is 0.251 e. The van der Waals surface area contributed by atoms with Gasteiger partial charge in [-0.2, -0.15) is 0 Å². The van der Waals surface area contributed by atoms with E-state index in [1.807, 2.05) is 0 Å². The SMILES string of the molecule is COCCNS(=O)(=O)c1cc(C(=O)NC(C)c2ccc(Cl)cc2Cl)ccc1OC. The fraction of sp³-hybridized carbons (Fsp3) is 0.316. The van der Waals surface area contributed by atoms with Gasteiger partial charge in [0.05, 0.1) is 19.8 Å². The maximum absolute atomic E-state index is 12.7. The molecule has 1 amide bonds. The third-order valence-corrected chi connectivity index (χ3v) is 6.13. The number of sulfonamides is 1. The summed E-state index contributed by atoms with van der Waals surface area (Å²) >= 11 is 12.1. The standard InChI is InChI=1S/C19H22Cl2N2O5S/c1-12(15-6-5-14(20)11-16(15)21)23-19(24)13-4-7-17(28-3)18(10-13)29(25,26)22-8-9-27-2/h4-7,10-12,22H,8-9H2,1-3H3,(H,23,24). The van der Waals surface area contributed by atoms with Crippen molar-refractivity contribution in [2.75, 3.05) is 27.4 Å². The van der Waals surface area contributed by atoms with Crippen LogP contribution in [0.25, 0.3) is 0 Å². The van der Waals surface area contributed by atoms with Gasteiger partial charge in [0.15, 0.2) is 0 Å². The quantitative estimate of drug-likeness (QED) is 0.559. The molecule has 158 valence electrons. The van der Waals surface area contributed by atoms with E-state index in [1.54, 1.807) is 25.1 Å². The largest absolute Gasteiger partial charge is 0.495 e. The van der Waals surface area contributed by atoms with Crippen LogP contribution in [0.5, 0.6) is 5.75 Å². The highest BCUT2D eigenvalue weighted by Gasteiger charge is 2.22. The highest BCUT2D eigenvalue weighted by Crippen LogP contribution is 2.28. The van der Waals surface area contributed by atoms with Crippen molar-refractivity contribution in [1.82, 2.24) is 10.0 Å². The third kappa shape index (κ3) is 6.07. The minimum Gasteiger partial charge on any atom is -0.495 e. The predicted octanol–water partition coefficient (Wildman–Crippen LogP) is 3.42. The molecule has 29 heavy (non-hydrogen) atoms. The van der Waals surface area contributed by atoms with Crippen LogP contribution < -0.4 is 14.8 Å². The first kappa shape index (κ1) is 23.4.